The second-order valence-corrected chi connectivity index (χ2v) is 14.6. The summed E-state index contributed by atoms with van der Waals surface area (Å²) in [6.07, 6.45) is 1.05. The van der Waals surface area contributed by atoms with Gasteiger partial charge < -0.3 is 10.8 Å². The third kappa shape index (κ3) is 6.75. The molecule has 0 atom stereocenters. The summed E-state index contributed by atoms with van der Waals surface area (Å²) in [5.74, 6) is -0.0349. The number of fused-ring (bicyclic) bond motifs is 1. The van der Waals surface area contributed by atoms with Crippen molar-refractivity contribution >= 4 is 58.9 Å². The summed E-state index contributed by atoms with van der Waals surface area (Å²) in [5, 5.41) is 29.5. The Balaban J connectivity index is 1.70. The van der Waals surface area contributed by atoms with Crippen LogP contribution in [0.3, 0.4) is 0 Å². The Kier molecular flexibility index (Phi) is 9.31. The van der Waals surface area contributed by atoms with Gasteiger partial charge in [0.15, 0.2) is 25.4 Å². The molecule has 0 unspecified atom stereocenters. The fourth-order valence-corrected chi connectivity index (χ4v) is 7.47. The molecule has 226 valence electrons. The zero-order chi connectivity index (χ0) is 31.5. The third-order valence-electron chi connectivity index (χ3n) is 6.96. The number of nitrogen functional groups attached to an aromatic ring is 1. The van der Waals surface area contributed by atoms with Gasteiger partial charge in [-0.15, -0.1) is 10.2 Å². The van der Waals surface area contributed by atoms with Crippen molar-refractivity contribution < 1.29 is 21.9 Å². The first-order valence-electron chi connectivity index (χ1n) is 13.8. The SMILES string of the molecule is CCCS(=O)(=O)c1ccc(N=Nc2c(C)cc3cc(C)c(N=Nc4ccc(S(=O)(=O)CCC)cc4C)c(N)c3c2O)cc1. The van der Waals surface area contributed by atoms with Gasteiger partial charge in [0.05, 0.1) is 43.7 Å². The predicted molar refractivity (Wildman–Crippen MR) is 170 cm³/mol. The molecule has 4 aromatic carbocycles. The van der Waals surface area contributed by atoms with Crippen LogP contribution in [0.2, 0.25) is 0 Å². The van der Waals surface area contributed by atoms with Crippen LogP contribution in [-0.2, 0) is 19.7 Å². The Morgan fingerprint density at radius 2 is 1.21 bits per heavy atom. The molecule has 0 spiro atoms. The molecule has 0 saturated carbocycles. The first-order valence-corrected chi connectivity index (χ1v) is 17.1. The number of nitrogens with two attached hydrogens (primary N) is 1. The van der Waals surface area contributed by atoms with Gasteiger partial charge in [-0.05, 0) is 110 Å². The lowest BCUT2D eigenvalue weighted by atomic mass is 9.99. The number of phenols is 1. The molecule has 0 amide bonds. The van der Waals surface area contributed by atoms with Crippen LogP contribution in [0.4, 0.5) is 28.4 Å². The molecule has 0 heterocycles. The summed E-state index contributed by atoms with van der Waals surface area (Å²) >= 11 is 0. The molecule has 0 aliphatic rings. The Labute approximate surface area is 252 Å². The van der Waals surface area contributed by atoms with Gasteiger partial charge in [0, 0.05) is 0 Å². The normalized spacial score (nSPS) is 12.6. The lowest BCUT2D eigenvalue weighted by molar-refractivity contribution is 0.482. The van der Waals surface area contributed by atoms with E-state index in [1.807, 2.05) is 32.9 Å². The van der Waals surface area contributed by atoms with Crippen molar-refractivity contribution in [3.05, 3.63) is 71.3 Å². The lowest BCUT2D eigenvalue weighted by Gasteiger charge is -2.13. The minimum atomic E-state index is -3.36. The number of azo groups is 2. The highest BCUT2D eigenvalue weighted by Gasteiger charge is 2.18. The van der Waals surface area contributed by atoms with Gasteiger partial charge in [-0.1, -0.05) is 13.8 Å². The number of phenolic OH excluding ortho intramolecular Hbond substituents is 1. The van der Waals surface area contributed by atoms with Gasteiger partial charge in [-0.3, -0.25) is 0 Å². The van der Waals surface area contributed by atoms with Gasteiger partial charge in [0.2, 0.25) is 0 Å². The van der Waals surface area contributed by atoms with Crippen LogP contribution in [0.15, 0.2) is 84.8 Å². The largest absolute Gasteiger partial charge is 0.505 e. The maximum Gasteiger partial charge on any atom is 0.178 e. The second kappa shape index (κ2) is 12.6. The van der Waals surface area contributed by atoms with Gasteiger partial charge in [-0.2, -0.15) is 10.2 Å². The fraction of sp³-hybridized carbons (Fsp3) is 0.290. The van der Waals surface area contributed by atoms with Crippen LogP contribution in [-0.4, -0.2) is 33.4 Å². The average molecular weight is 622 g/mol. The van der Waals surface area contributed by atoms with Crippen LogP contribution < -0.4 is 5.73 Å². The lowest BCUT2D eigenvalue weighted by Crippen LogP contribution is -2.05. The van der Waals surface area contributed by atoms with Crippen molar-refractivity contribution in [3.63, 3.8) is 0 Å². The monoisotopic (exact) mass is 621 g/mol. The van der Waals surface area contributed by atoms with E-state index in [4.69, 9.17) is 5.73 Å². The van der Waals surface area contributed by atoms with Gasteiger partial charge in [0.1, 0.15) is 11.4 Å². The molecule has 0 fully saturated rings. The van der Waals surface area contributed by atoms with E-state index in [-0.39, 0.29) is 38.4 Å². The van der Waals surface area contributed by atoms with Crippen molar-refractivity contribution in [2.24, 2.45) is 20.5 Å². The highest BCUT2D eigenvalue weighted by Crippen LogP contribution is 2.46. The molecule has 43 heavy (non-hydrogen) atoms. The number of sulfone groups is 2. The number of aryl methyl sites for hydroxylation is 3. The average Bonchev–Trinajstić information content (AvgIpc) is 2.93. The van der Waals surface area contributed by atoms with Crippen LogP contribution in [0.25, 0.3) is 10.8 Å². The molecular weight excluding hydrogens is 587 g/mol. The van der Waals surface area contributed by atoms with Crippen molar-refractivity contribution in [3.8, 4) is 5.75 Å². The number of hydrogen-bond acceptors (Lipinski definition) is 10. The van der Waals surface area contributed by atoms with E-state index >= 15 is 0 Å². The first-order chi connectivity index (χ1) is 20.3. The number of aromatic hydroxyl groups is 1. The molecule has 12 heteroatoms. The van der Waals surface area contributed by atoms with E-state index in [1.165, 1.54) is 18.2 Å². The Hall–Kier alpha value is -4.16. The highest BCUT2D eigenvalue weighted by molar-refractivity contribution is 7.91. The zero-order valence-electron chi connectivity index (χ0n) is 24.8. The summed E-state index contributed by atoms with van der Waals surface area (Å²) in [6.45, 7) is 9.02. The molecule has 0 aliphatic carbocycles. The van der Waals surface area contributed by atoms with Gasteiger partial charge in [0.25, 0.3) is 0 Å². The van der Waals surface area contributed by atoms with Crippen molar-refractivity contribution in [1.29, 1.82) is 0 Å². The quantitative estimate of drug-likeness (QED) is 0.134. The number of benzene rings is 4. The topological polar surface area (TPSA) is 164 Å². The van der Waals surface area contributed by atoms with Gasteiger partial charge >= 0.3 is 0 Å². The van der Waals surface area contributed by atoms with Crippen molar-refractivity contribution in [2.75, 3.05) is 17.2 Å². The maximum atomic E-state index is 12.4. The molecule has 3 N–H and O–H groups in total. The van der Waals surface area contributed by atoms with Crippen LogP contribution >= 0.6 is 0 Å². The number of rotatable bonds is 10. The predicted octanol–water partition coefficient (Wildman–Crippen LogP) is 8.25. The van der Waals surface area contributed by atoms with E-state index in [0.29, 0.717) is 51.8 Å². The molecule has 0 aromatic heterocycles. The van der Waals surface area contributed by atoms with Crippen LogP contribution in [0, 0.1) is 20.8 Å². The minimum Gasteiger partial charge on any atom is -0.505 e. The van der Waals surface area contributed by atoms with E-state index in [9.17, 15) is 21.9 Å². The van der Waals surface area contributed by atoms with Crippen molar-refractivity contribution in [2.45, 2.75) is 57.3 Å². The minimum absolute atomic E-state index is 0.0652. The standard InChI is InChI=1S/C31H35N5O5S2/c1-6-14-42(38,39)24-10-8-23(9-11-24)33-36-30-21(5)17-22-16-20(4)29(28(32)27(22)31(30)37)35-34-26-13-12-25(18-19(26)3)43(40,41)15-7-2/h8-13,16-18,37H,6-7,14-15,32H2,1-5H3. The molecule has 0 radical (unpaired) electrons. The second-order valence-electron chi connectivity index (χ2n) is 10.4. The first kappa shape index (κ1) is 31.8. The molecule has 0 saturated heterocycles. The van der Waals surface area contributed by atoms with E-state index in [1.54, 1.807) is 38.1 Å². The number of nitrogens with zero attached hydrogens (tertiary/aromatic N) is 4. The summed E-state index contributed by atoms with van der Waals surface area (Å²) in [5.41, 5.74) is 10.3. The zero-order valence-corrected chi connectivity index (χ0v) is 26.4. The Morgan fingerprint density at radius 1 is 0.674 bits per heavy atom. The Bertz CT molecular complexity index is 1970. The highest BCUT2D eigenvalue weighted by atomic mass is 32.2. The molecule has 4 rings (SSSR count). The molecule has 0 bridgehead atoms. The summed E-state index contributed by atoms with van der Waals surface area (Å²) in [4.78, 5) is 0.460. The third-order valence-corrected chi connectivity index (χ3v) is 10.8. The molecule has 4 aromatic rings. The van der Waals surface area contributed by atoms with E-state index in [2.05, 4.69) is 20.5 Å². The summed E-state index contributed by atoms with van der Waals surface area (Å²) < 4.78 is 49.5. The van der Waals surface area contributed by atoms with Crippen molar-refractivity contribution in [1.82, 2.24) is 0 Å². The number of hydrogen-bond donors (Lipinski definition) is 2. The van der Waals surface area contributed by atoms with Crippen LogP contribution in [0.1, 0.15) is 43.4 Å². The summed E-state index contributed by atoms with van der Waals surface area (Å²) in [6, 6.07) is 14.5. The molecule has 0 aliphatic heterocycles. The maximum absolute atomic E-state index is 12.4. The summed E-state index contributed by atoms with van der Waals surface area (Å²) in [7, 11) is -6.71. The van der Waals surface area contributed by atoms with Crippen LogP contribution in [0.5, 0.6) is 5.75 Å². The smallest absolute Gasteiger partial charge is 0.178 e. The van der Waals surface area contributed by atoms with Gasteiger partial charge in [-0.25, -0.2) is 16.8 Å². The Morgan fingerprint density at radius 3 is 1.79 bits per heavy atom. The molecule has 10 nitrogen and oxygen atoms in total. The number of anilines is 1. The fourth-order valence-electron chi connectivity index (χ4n) is 4.74. The van der Waals surface area contributed by atoms with E-state index in [0.717, 1.165) is 5.56 Å². The molecular formula is C31H35N5O5S2. The van der Waals surface area contributed by atoms with E-state index < -0.39 is 19.7 Å².